The topological polar surface area (TPSA) is 45.7 Å². The lowest BCUT2D eigenvalue weighted by Gasteiger charge is -2.35. The van der Waals surface area contributed by atoms with Crippen LogP contribution >= 0.6 is 0 Å². The molecule has 0 spiro atoms. The van der Waals surface area contributed by atoms with Crippen molar-refractivity contribution in [3.05, 3.63) is 59.4 Å². The SMILES string of the molecule is CC1Cc2ccccc2CN1C(=O)c1cc(N2CCOCC2)ccn1. The molecule has 3 heterocycles. The van der Waals surface area contributed by atoms with Crippen molar-refractivity contribution in [3.63, 3.8) is 0 Å². The molecule has 5 nitrogen and oxygen atoms in total. The van der Waals surface area contributed by atoms with Crippen LogP contribution in [0.5, 0.6) is 0 Å². The third-order valence-electron chi connectivity index (χ3n) is 5.11. The van der Waals surface area contributed by atoms with Crippen molar-refractivity contribution in [2.75, 3.05) is 31.2 Å². The van der Waals surface area contributed by atoms with Gasteiger partial charge in [-0.3, -0.25) is 9.78 Å². The number of aromatic nitrogens is 1. The Morgan fingerprint density at radius 2 is 1.92 bits per heavy atom. The third-order valence-corrected chi connectivity index (χ3v) is 5.11. The summed E-state index contributed by atoms with van der Waals surface area (Å²) >= 11 is 0. The van der Waals surface area contributed by atoms with Gasteiger partial charge in [-0.15, -0.1) is 0 Å². The molecule has 2 aromatic rings. The minimum atomic E-state index is 0.0112. The summed E-state index contributed by atoms with van der Waals surface area (Å²) in [7, 11) is 0. The van der Waals surface area contributed by atoms with Crippen molar-refractivity contribution in [1.82, 2.24) is 9.88 Å². The predicted octanol–water partition coefficient (Wildman–Crippen LogP) is 2.51. The fourth-order valence-electron chi connectivity index (χ4n) is 3.65. The Bertz CT molecular complexity index is 771. The smallest absolute Gasteiger partial charge is 0.273 e. The number of hydrogen-bond acceptors (Lipinski definition) is 4. The molecule has 1 saturated heterocycles. The van der Waals surface area contributed by atoms with E-state index in [-0.39, 0.29) is 11.9 Å². The van der Waals surface area contributed by atoms with Crippen molar-refractivity contribution in [2.24, 2.45) is 0 Å². The fourth-order valence-corrected chi connectivity index (χ4v) is 3.65. The van der Waals surface area contributed by atoms with E-state index in [1.165, 1.54) is 11.1 Å². The number of benzene rings is 1. The number of fused-ring (bicyclic) bond motifs is 1. The first-order chi connectivity index (χ1) is 12.2. The highest BCUT2D eigenvalue weighted by Crippen LogP contribution is 2.25. The molecule has 2 aliphatic heterocycles. The van der Waals surface area contributed by atoms with Crippen molar-refractivity contribution < 1.29 is 9.53 Å². The second-order valence-corrected chi connectivity index (χ2v) is 6.75. The number of amides is 1. The average molecular weight is 337 g/mol. The van der Waals surface area contributed by atoms with Gasteiger partial charge in [0.2, 0.25) is 0 Å². The van der Waals surface area contributed by atoms with Gasteiger partial charge in [-0.05, 0) is 36.6 Å². The maximum Gasteiger partial charge on any atom is 0.273 e. The van der Waals surface area contributed by atoms with Crippen LogP contribution in [0.1, 0.15) is 28.5 Å². The second kappa shape index (κ2) is 6.84. The quantitative estimate of drug-likeness (QED) is 0.845. The molecular formula is C20H23N3O2. The zero-order valence-electron chi connectivity index (χ0n) is 14.5. The average Bonchev–Trinajstić information content (AvgIpc) is 2.68. The largest absolute Gasteiger partial charge is 0.378 e. The number of pyridine rings is 1. The molecule has 0 radical (unpaired) electrons. The van der Waals surface area contributed by atoms with E-state index in [1.54, 1.807) is 6.20 Å². The molecule has 4 rings (SSSR count). The summed E-state index contributed by atoms with van der Waals surface area (Å²) in [5.74, 6) is 0.0112. The summed E-state index contributed by atoms with van der Waals surface area (Å²) in [5, 5.41) is 0. The first-order valence-electron chi connectivity index (χ1n) is 8.89. The highest BCUT2D eigenvalue weighted by atomic mass is 16.5. The summed E-state index contributed by atoms with van der Waals surface area (Å²) in [6, 6.07) is 12.4. The van der Waals surface area contributed by atoms with Crippen LogP contribution in [0.2, 0.25) is 0 Å². The molecule has 0 bridgehead atoms. The molecule has 1 unspecified atom stereocenters. The summed E-state index contributed by atoms with van der Waals surface area (Å²) in [6.07, 6.45) is 2.63. The fraction of sp³-hybridized carbons (Fsp3) is 0.400. The monoisotopic (exact) mass is 337 g/mol. The van der Waals surface area contributed by atoms with E-state index in [4.69, 9.17) is 4.74 Å². The second-order valence-electron chi connectivity index (χ2n) is 6.75. The van der Waals surface area contributed by atoms with E-state index in [0.717, 1.165) is 38.4 Å². The molecular weight excluding hydrogens is 314 g/mol. The van der Waals surface area contributed by atoms with Gasteiger partial charge in [-0.2, -0.15) is 0 Å². The lowest BCUT2D eigenvalue weighted by Crippen LogP contribution is -2.43. The van der Waals surface area contributed by atoms with Gasteiger partial charge in [0.15, 0.2) is 0 Å². The summed E-state index contributed by atoms with van der Waals surface area (Å²) in [6.45, 7) is 5.92. The molecule has 1 aromatic heterocycles. The van der Waals surface area contributed by atoms with Crippen LogP contribution in [0, 0.1) is 0 Å². The normalized spacial score (nSPS) is 20.3. The number of carbonyl (C=O) groups excluding carboxylic acids is 1. The van der Waals surface area contributed by atoms with E-state index in [2.05, 4.69) is 35.0 Å². The van der Waals surface area contributed by atoms with E-state index in [0.29, 0.717) is 12.2 Å². The molecule has 130 valence electrons. The molecule has 1 amide bonds. The van der Waals surface area contributed by atoms with Crippen molar-refractivity contribution in [1.29, 1.82) is 0 Å². The zero-order chi connectivity index (χ0) is 17.2. The predicted molar refractivity (Wildman–Crippen MR) is 96.8 cm³/mol. The van der Waals surface area contributed by atoms with E-state index < -0.39 is 0 Å². The molecule has 1 fully saturated rings. The first-order valence-corrected chi connectivity index (χ1v) is 8.89. The molecule has 1 aromatic carbocycles. The van der Waals surface area contributed by atoms with Gasteiger partial charge >= 0.3 is 0 Å². The van der Waals surface area contributed by atoms with Gasteiger partial charge in [-0.1, -0.05) is 24.3 Å². The number of morpholine rings is 1. The van der Waals surface area contributed by atoms with Crippen LogP contribution in [0.3, 0.4) is 0 Å². The first kappa shape index (κ1) is 16.1. The number of nitrogens with zero attached hydrogens (tertiary/aromatic N) is 3. The highest BCUT2D eigenvalue weighted by Gasteiger charge is 2.28. The Morgan fingerprint density at radius 1 is 1.16 bits per heavy atom. The van der Waals surface area contributed by atoms with Crippen molar-refractivity contribution in [2.45, 2.75) is 25.9 Å². The zero-order valence-corrected chi connectivity index (χ0v) is 14.5. The van der Waals surface area contributed by atoms with Crippen LogP contribution in [0.4, 0.5) is 5.69 Å². The third kappa shape index (κ3) is 3.24. The van der Waals surface area contributed by atoms with Crippen LogP contribution in [0.15, 0.2) is 42.6 Å². The maximum atomic E-state index is 13.1. The Morgan fingerprint density at radius 3 is 2.72 bits per heavy atom. The lowest BCUT2D eigenvalue weighted by atomic mass is 9.94. The van der Waals surface area contributed by atoms with Crippen LogP contribution in [-0.4, -0.2) is 48.1 Å². The molecule has 0 aliphatic carbocycles. The van der Waals surface area contributed by atoms with Gasteiger partial charge in [0.25, 0.3) is 5.91 Å². The number of rotatable bonds is 2. The standard InChI is InChI=1S/C20H23N3O2/c1-15-12-16-4-2-3-5-17(16)14-23(15)20(24)19-13-18(6-7-21-19)22-8-10-25-11-9-22/h2-7,13,15H,8-12,14H2,1H3. The minimum Gasteiger partial charge on any atom is -0.378 e. The molecule has 2 aliphatic rings. The Balaban J connectivity index is 1.56. The molecule has 0 N–H and O–H groups in total. The number of carbonyl (C=O) groups is 1. The van der Waals surface area contributed by atoms with Gasteiger partial charge in [0.05, 0.1) is 13.2 Å². The van der Waals surface area contributed by atoms with Gasteiger partial charge in [0, 0.05) is 37.6 Å². The maximum absolute atomic E-state index is 13.1. The Labute approximate surface area is 148 Å². The van der Waals surface area contributed by atoms with Gasteiger partial charge in [-0.25, -0.2) is 0 Å². The molecule has 1 atom stereocenters. The summed E-state index contributed by atoms with van der Waals surface area (Å²) in [4.78, 5) is 21.6. The summed E-state index contributed by atoms with van der Waals surface area (Å²) < 4.78 is 5.41. The molecule has 5 heteroatoms. The number of ether oxygens (including phenoxy) is 1. The van der Waals surface area contributed by atoms with Crippen molar-refractivity contribution in [3.8, 4) is 0 Å². The minimum absolute atomic E-state index is 0.0112. The summed E-state index contributed by atoms with van der Waals surface area (Å²) in [5.41, 5.74) is 4.15. The highest BCUT2D eigenvalue weighted by molar-refractivity contribution is 5.93. The van der Waals surface area contributed by atoms with Crippen LogP contribution in [-0.2, 0) is 17.7 Å². The number of anilines is 1. The van der Waals surface area contributed by atoms with E-state index >= 15 is 0 Å². The van der Waals surface area contributed by atoms with Crippen molar-refractivity contribution >= 4 is 11.6 Å². The Hall–Kier alpha value is -2.40. The van der Waals surface area contributed by atoms with Crippen LogP contribution in [0.25, 0.3) is 0 Å². The molecule has 0 saturated carbocycles. The van der Waals surface area contributed by atoms with Crippen LogP contribution < -0.4 is 4.90 Å². The Kier molecular flexibility index (Phi) is 4.40. The lowest BCUT2D eigenvalue weighted by molar-refractivity contribution is 0.0652. The van der Waals surface area contributed by atoms with E-state index in [9.17, 15) is 4.79 Å². The number of hydrogen-bond donors (Lipinski definition) is 0. The van der Waals surface area contributed by atoms with Gasteiger partial charge < -0.3 is 14.5 Å². The molecule has 25 heavy (non-hydrogen) atoms. The van der Waals surface area contributed by atoms with Gasteiger partial charge in [0.1, 0.15) is 5.69 Å². The van der Waals surface area contributed by atoms with E-state index in [1.807, 2.05) is 23.1 Å².